The molecule has 1 unspecified atom stereocenters. The zero-order valence-electron chi connectivity index (χ0n) is 19.2. The maximum Gasteiger partial charge on any atom is 0.405 e. The van der Waals surface area contributed by atoms with Gasteiger partial charge in [0, 0.05) is 35.2 Å². The zero-order valence-corrected chi connectivity index (χ0v) is 20.1. The summed E-state index contributed by atoms with van der Waals surface area (Å²) in [5, 5.41) is 5.23. The topological polar surface area (TPSA) is 106 Å². The van der Waals surface area contributed by atoms with Crippen LogP contribution in [0, 0.1) is 6.92 Å². The number of hydrogen-bond acceptors (Lipinski definition) is 6. The Morgan fingerprint density at radius 3 is 2.44 bits per heavy atom. The highest BCUT2D eigenvalue weighted by atomic mass is 32.2. The van der Waals surface area contributed by atoms with Crippen molar-refractivity contribution in [1.29, 1.82) is 0 Å². The predicted octanol–water partition coefficient (Wildman–Crippen LogP) is 4.12. The molecule has 36 heavy (non-hydrogen) atoms. The number of aromatic nitrogens is 3. The molecule has 2 N–H and O–H groups in total. The molecule has 4 aromatic rings. The van der Waals surface area contributed by atoms with Gasteiger partial charge in [0.1, 0.15) is 12.6 Å². The van der Waals surface area contributed by atoms with E-state index in [1.807, 2.05) is 12.2 Å². The van der Waals surface area contributed by atoms with Crippen LogP contribution in [0.3, 0.4) is 0 Å². The van der Waals surface area contributed by atoms with Crippen molar-refractivity contribution in [3.63, 3.8) is 0 Å². The molecule has 1 aromatic carbocycles. The van der Waals surface area contributed by atoms with Gasteiger partial charge in [-0.25, -0.2) is 17.4 Å². The Morgan fingerprint density at radius 2 is 1.75 bits per heavy atom. The van der Waals surface area contributed by atoms with E-state index in [1.54, 1.807) is 36.4 Å². The van der Waals surface area contributed by atoms with E-state index in [0.717, 1.165) is 9.54 Å². The second kappa shape index (κ2) is 9.61. The average Bonchev–Trinajstić information content (AvgIpc) is 3.28. The monoisotopic (exact) mass is 517 g/mol. The summed E-state index contributed by atoms with van der Waals surface area (Å²) < 4.78 is 64.6. The summed E-state index contributed by atoms with van der Waals surface area (Å²) in [5.74, 6) is -0.810. The number of halogens is 3. The van der Waals surface area contributed by atoms with E-state index in [-0.39, 0.29) is 10.5 Å². The van der Waals surface area contributed by atoms with Crippen LogP contribution in [0.5, 0.6) is 0 Å². The third-order valence-corrected chi connectivity index (χ3v) is 7.09. The fourth-order valence-corrected chi connectivity index (χ4v) is 4.88. The summed E-state index contributed by atoms with van der Waals surface area (Å²) in [7, 11) is -3.89. The van der Waals surface area contributed by atoms with Gasteiger partial charge in [0.05, 0.1) is 10.6 Å². The quantitative estimate of drug-likeness (QED) is 0.382. The molecule has 0 bridgehead atoms. The van der Waals surface area contributed by atoms with Gasteiger partial charge in [-0.15, -0.1) is 0 Å². The van der Waals surface area contributed by atoms with Crippen LogP contribution in [0.4, 0.5) is 18.9 Å². The molecule has 4 rings (SSSR count). The first-order valence-corrected chi connectivity index (χ1v) is 12.3. The number of fused-ring (bicyclic) bond motifs is 1. The van der Waals surface area contributed by atoms with E-state index in [9.17, 15) is 26.4 Å². The third-order valence-electron chi connectivity index (χ3n) is 5.41. The van der Waals surface area contributed by atoms with Crippen molar-refractivity contribution in [2.24, 2.45) is 0 Å². The van der Waals surface area contributed by atoms with Gasteiger partial charge in [-0.2, -0.15) is 13.2 Å². The van der Waals surface area contributed by atoms with Crippen LogP contribution >= 0.6 is 0 Å². The van der Waals surface area contributed by atoms with Crippen LogP contribution in [0.15, 0.2) is 72.0 Å². The van der Waals surface area contributed by atoms with Gasteiger partial charge in [0.2, 0.25) is 5.91 Å². The number of carbonyl (C=O) groups excluding carboxylic acids is 1. The summed E-state index contributed by atoms with van der Waals surface area (Å²) in [6.45, 7) is 1.88. The van der Waals surface area contributed by atoms with Gasteiger partial charge < -0.3 is 10.6 Å². The Bertz CT molecular complexity index is 1520. The standard InChI is InChI=1S/C24H22F3N5O3S/c1-15-3-5-18(6-4-15)36(34,35)32-12-9-20-19(8-11-29-22(20)32)21-13-17(7-10-28-21)31-16(2)23(33)30-14-24(25,26)27/h3-13,16H,14H2,1-2H3,(H,28,31)(H,30,33). The molecule has 3 heterocycles. The highest BCUT2D eigenvalue weighted by molar-refractivity contribution is 7.90. The highest BCUT2D eigenvalue weighted by Gasteiger charge is 2.28. The fraction of sp³-hybridized carbons (Fsp3) is 0.208. The summed E-state index contributed by atoms with van der Waals surface area (Å²) in [4.78, 5) is 20.7. The number of carbonyl (C=O) groups is 1. The molecule has 0 saturated carbocycles. The molecule has 0 fully saturated rings. The maximum atomic E-state index is 13.2. The number of pyridine rings is 2. The lowest BCUT2D eigenvalue weighted by atomic mass is 10.1. The molecule has 0 spiro atoms. The number of hydrogen-bond donors (Lipinski definition) is 2. The Morgan fingerprint density at radius 1 is 1.06 bits per heavy atom. The Labute approximate surface area is 205 Å². The molecule has 188 valence electrons. The van der Waals surface area contributed by atoms with Gasteiger partial charge in [0.15, 0.2) is 5.65 Å². The zero-order chi connectivity index (χ0) is 26.1. The average molecular weight is 518 g/mol. The maximum absolute atomic E-state index is 13.2. The lowest BCUT2D eigenvalue weighted by Crippen LogP contribution is -2.42. The van der Waals surface area contributed by atoms with Crippen LogP contribution in [0.2, 0.25) is 0 Å². The first-order valence-electron chi connectivity index (χ1n) is 10.8. The lowest BCUT2D eigenvalue weighted by molar-refractivity contribution is -0.138. The van der Waals surface area contributed by atoms with Crippen molar-refractivity contribution in [2.45, 2.75) is 31.0 Å². The number of amides is 1. The molecule has 0 aliphatic heterocycles. The van der Waals surface area contributed by atoms with Crippen molar-refractivity contribution in [3.05, 3.63) is 72.7 Å². The largest absolute Gasteiger partial charge is 0.405 e. The lowest BCUT2D eigenvalue weighted by Gasteiger charge is -2.16. The van der Waals surface area contributed by atoms with E-state index in [1.165, 1.54) is 37.6 Å². The molecule has 0 saturated heterocycles. The number of benzene rings is 1. The molecule has 0 radical (unpaired) electrons. The van der Waals surface area contributed by atoms with E-state index < -0.39 is 34.7 Å². The predicted molar refractivity (Wildman–Crippen MR) is 129 cm³/mol. The van der Waals surface area contributed by atoms with Crippen molar-refractivity contribution in [3.8, 4) is 11.3 Å². The van der Waals surface area contributed by atoms with E-state index in [2.05, 4.69) is 15.3 Å². The molecule has 3 aromatic heterocycles. The number of anilines is 1. The molecule has 0 aliphatic carbocycles. The second-order valence-corrected chi connectivity index (χ2v) is 9.97. The third kappa shape index (κ3) is 5.33. The van der Waals surface area contributed by atoms with Crippen molar-refractivity contribution in [1.82, 2.24) is 19.3 Å². The summed E-state index contributed by atoms with van der Waals surface area (Å²) >= 11 is 0. The van der Waals surface area contributed by atoms with Crippen LogP contribution in [-0.2, 0) is 14.8 Å². The molecular weight excluding hydrogens is 495 g/mol. The van der Waals surface area contributed by atoms with Gasteiger partial charge in [-0.3, -0.25) is 9.78 Å². The summed E-state index contributed by atoms with van der Waals surface area (Å²) in [6.07, 6.45) is -0.140. The summed E-state index contributed by atoms with van der Waals surface area (Å²) in [5.41, 5.74) is 2.65. The van der Waals surface area contributed by atoms with E-state index >= 15 is 0 Å². The SMILES string of the molecule is Cc1ccc(S(=O)(=O)n2ccc3c(-c4cc(NC(C)C(=O)NCC(F)(F)F)ccn4)ccnc32)cc1. The molecule has 12 heteroatoms. The van der Waals surface area contributed by atoms with Gasteiger partial charge in [-0.1, -0.05) is 17.7 Å². The van der Waals surface area contributed by atoms with Crippen LogP contribution in [0.25, 0.3) is 22.3 Å². The van der Waals surface area contributed by atoms with Crippen molar-refractivity contribution >= 4 is 32.7 Å². The number of nitrogens with one attached hydrogen (secondary N) is 2. The smallest absolute Gasteiger partial charge is 0.374 e. The molecule has 8 nitrogen and oxygen atoms in total. The van der Waals surface area contributed by atoms with Gasteiger partial charge in [-0.05, 0) is 50.2 Å². The molecule has 0 aliphatic rings. The van der Waals surface area contributed by atoms with Crippen LogP contribution in [0.1, 0.15) is 12.5 Å². The van der Waals surface area contributed by atoms with E-state index in [0.29, 0.717) is 22.3 Å². The van der Waals surface area contributed by atoms with Gasteiger partial charge in [0.25, 0.3) is 10.0 Å². The Balaban J connectivity index is 1.63. The van der Waals surface area contributed by atoms with Crippen LogP contribution in [-0.4, -0.2) is 47.0 Å². The molecule has 1 amide bonds. The van der Waals surface area contributed by atoms with E-state index in [4.69, 9.17) is 0 Å². The van der Waals surface area contributed by atoms with Crippen molar-refractivity contribution < 1.29 is 26.4 Å². The minimum atomic E-state index is -4.50. The number of aryl methyl sites for hydroxylation is 1. The van der Waals surface area contributed by atoms with Crippen molar-refractivity contribution in [2.75, 3.05) is 11.9 Å². The first kappa shape index (κ1) is 25.2. The Hall–Kier alpha value is -3.93. The molecular formula is C24H22F3N5O3S. The van der Waals surface area contributed by atoms with Gasteiger partial charge >= 0.3 is 6.18 Å². The normalized spacial score (nSPS) is 12.9. The number of nitrogens with zero attached hydrogens (tertiary/aromatic N) is 3. The minimum absolute atomic E-state index is 0.125. The number of rotatable bonds is 7. The summed E-state index contributed by atoms with van der Waals surface area (Å²) in [6, 6.07) is 12.0. The Kier molecular flexibility index (Phi) is 6.72. The highest BCUT2D eigenvalue weighted by Crippen LogP contribution is 2.30. The fourth-order valence-electron chi connectivity index (χ4n) is 3.58. The molecule has 1 atom stereocenters. The first-order chi connectivity index (χ1) is 17.0. The number of alkyl halides is 3. The second-order valence-electron chi connectivity index (χ2n) is 8.15. The van der Waals surface area contributed by atoms with Crippen LogP contribution < -0.4 is 10.6 Å². The minimum Gasteiger partial charge on any atom is -0.374 e.